The fourth-order valence-electron chi connectivity index (χ4n) is 4.16. The van der Waals surface area contributed by atoms with Crippen LogP contribution in [0.25, 0.3) is 11.8 Å². The molecule has 1 aromatic heterocycles. The van der Waals surface area contributed by atoms with Crippen LogP contribution in [0.15, 0.2) is 70.3 Å². The number of para-hydroxylation sites is 2. The lowest BCUT2D eigenvalue weighted by Gasteiger charge is -2.20. The second-order valence-electron chi connectivity index (χ2n) is 8.13. The summed E-state index contributed by atoms with van der Waals surface area (Å²) in [5.74, 6) is 0.338. The number of aliphatic imine (C=N–C) groups is 1. The van der Waals surface area contributed by atoms with E-state index in [-0.39, 0.29) is 11.4 Å². The van der Waals surface area contributed by atoms with Crippen LogP contribution in [0.3, 0.4) is 0 Å². The van der Waals surface area contributed by atoms with Gasteiger partial charge in [0.1, 0.15) is 10.8 Å². The molecule has 0 unspecified atom stereocenters. The number of hydrogen-bond acceptors (Lipinski definition) is 5. The minimum atomic E-state index is -0.438. The van der Waals surface area contributed by atoms with Crippen LogP contribution in [0.1, 0.15) is 28.1 Å². The Bertz CT molecular complexity index is 1450. The first-order chi connectivity index (χ1) is 16.4. The Kier molecular flexibility index (Phi) is 5.45. The van der Waals surface area contributed by atoms with Crippen molar-refractivity contribution in [2.45, 2.75) is 20.8 Å². The van der Waals surface area contributed by atoms with E-state index in [0.717, 1.165) is 44.6 Å². The highest BCUT2D eigenvalue weighted by Crippen LogP contribution is 2.33. The molecule has 0 spiro atoms. The Balaban J connectivity index is 1.53. The molecule has 8 heteroatoms. The number of hydrazone groups is 1. The maximum atomic E-state index is 12.9. The number of aryl methyl sites for hydroxylation is 2. The summed E-state index contributed by atoms with van der Waals surface area (Å²) in [5.41, 5.74) is 5.94. The first kappa shape index (κ1) is 21.9. The Morgan fingerprint density at radius 3 is 2.62 bits per heavy atom. The van der Waals surface area contributed by atoms with Gasteiger partial charge in [0.25, 0.3) is 5.91 Å². The molecule has 1 N–H and O–H groups in total. The number of thioether (sulfide) groups is 1. The second kappa shape index (κ2) is 8.46. The summed E-state index contributed by atoms with van der Waals surface area (Å²) >= 11 is 1.30. The number of nitrogens with one attached hydrogen (secondary N) is 1. The average Bonchev–Trinajstić information content (AvgIpc) is 3.37. The predicted molar refractivity (Wildman–Crippen MR) is 137 cm³/mol. The number of benzene rings is 2. The van der Waals surface area contributed by atoms with Crippen molar-refractivity contribution in [2.75, 3.05) is 7.11 Å². The molecule has 3 heterocycles. The van der Waals surface area contributed by atoms with E-state index in [1.54, 1.807) is 13.2 Å². The van der Waals surface area contributed by atoms with Crippen LogP contribution in [-0.2, 0) is 4.79 Å². The lowest BCUT2D eigenvalue weighted by molar-refractivity contribution is -0.114. The van der Waals surface area contributed by atoms with Crippen LogP contribution in [0.4, 0.5) is 0 Å². The number of carbonyl (C=O) groups excluding carboxylic acids is 1. The van der Waals surface area contributed by atoms with E-state index in [1.807, 2.05) is 75.4 Å². The number of nitrogens with zero attached hydrogens (tertiary/aromatic N) is 4. The predicted octanol–water partition coefficient (Wildman–Crippen LogP) is 5.08. The summed E-state index contributed by atoms with van der Waals surface area (Å²) in [6.07, 6.45) is 1.73. The van der Waals surface area contributed by atoms with Gasteiger partial charge >= 0.3 is 0 Å². The van der Waals surface area contributed by atoms with E-state index >= 15 is 0 Å². The molecule has 0 aliphatic carbocycles. The molecule has 2 aliphatic rings. The van der Waals surface area contributed by atoms with E-state index < -0.39 is 5.91 Å². The fraction of sp³-hybridized carbons (Fsp3) is 0.154. The number of fused-ring (bicyclic) bond motifs is 1. The lowest BCUT2D eigenvalue weighted by atomic mass is 10.1. The van der Waals surface area contributed by atoms with E-state index in [4.69, 9.17) is 10.1 Å². The molecule has 1 amide bonds. The van der Waals surface area contributed by atoms with Crippen LogP contribution < -0.4 is 4.74 Å². The van der Waals surface area contributed by atoms with Gasteiger partial charge in [0, 0.05) is 17.0 Å². The molecule has 170 valence electrons. The Morgan fingerprint density at radius 2 is 1.85 bits per heavy atom. The summed E-state index contributed by atoms with van der Waals surface area (Å²) < 4.78 is 7.62. The van der Waals surface area contributed by atoms with Crippen molar-refractivity contribution in [2.24, 2.45) is 10.1 Å². The molecule has 3 aromatic rings. The third-order valence-corrected chi connectivity index (χ3v) is 6.77. The van der Waals surface area contributed by atoms with Crippen LogP contribution in [0.2, 0.25) is 0 Å². The van der Waals surface area contributed by atoms with Crippen LogP contribution >= 0.6 is 11.8 Å². The van der Waals surface area contributed by atoms with Crippen molar-refractivity contribution in [3.63, 3.8) is 0 Å². The molecular weight excluding hydrogens is 446 g/mol. The van der Waals surface area contributed by atoms with Crippen LogP contribution in [0.5, 0.6) is 5.75 Å². The van der Waals surface area contributed by atoms with Crippen molar-refractivity contribution in [1.82, 2.24) is 9.58 Å². The molecule has 2 aromatic carbocycles. The van der Waals surface area contributed by atoms with Crippen LogP contribution in [0, 0.1) is 26.2 Å². The van der Waals surface area contributed by atoms with Crippen molar-refractivity contribution < 1.29 is 9.53 Å². The quantitative estimate of drug-likeness (QED) is 0.540. The second-order valence-corrected chi connectivity index (χ2v) is 9.08. The van der Waals surface area contributed by atoms with Gasteiger partial charge in [0.15, 0.2) is 5.84 Å². The maximum Gasteiger partial charge on any atom is 0.283 e. The third kappa shape index (κ3) is 3.66. The zero-order valence-electron chi connectivity index (χ0n) is 19.3. The largest absolute Gasteiger partial charge is 0.495 e. The van der Waals surface area contributed by atoms with Gasteiger partial charge in [-0.2, -0.15) is 15.1 Å². The fourth-order valence-corrected chi connectivity index (χ4v) is 5.05. The number of rotatable bonds is 4. The summed E-state index contributed by atoms with van der Waals surface area (Å²) in [6.45, 7) is 6.00. The van der Waals surface area contributed by atoms with Gasteiger partial charge in [-0.05, 0) is 68.4 Å². The zero-order chi connectivity index (χ0) is 24.0. The standard InChI is InChI=1S/C26H23N5O2S/c1-15-8-7-9-18(12-15)25-29-31-23(27)20(24(32)28-26(31)34-25)14-19-13-16(2)30(17(19)3)21-10-5-6-11-22(21)33-4/h5-14,27H,1-4H3/b20-14-,27-23?. The molecule has 7 nitrogen and oxygen atoms in total. The van der Waals surface area contributed by atoms with E-state index in [0.29, 0.717) is 5.17 Å². The first-order valence-corrected chi connectivity index (χ1v) is 11.6. The Labute approximate surface area is 202 Å². The number of amides is 1. The van der Waals surface area contributed by atoms with Gasteiger partial charge in [-0.25, -0.2) is 0 Å². The molecule has 0 saturated carbocycles. The highest BCUT2D eigenvalue weighted by atomic mass is 32.2. The van der Waals surface area contributed by atoms with Gasteiger partial charge in [-0.1, -0.05) is 35.9 Å². The van der Waals surface area contributed by atoms with Gasteiger partial charge in [-0.3, -0.25) is 10.2 Å². The SMILES string of the molecule is COc1ccccc1-n1c(C)cc(/C=C2/C(=N)N3N=C(c4cccc(C)c4)SC3=NC2=O)c1C. The normalized spacial score (nSPS) is 16.6. The monoisotopic (exact) mass is 469 g/mol. The minimum absolute atomic E-state index is 0.0206. The average molecular weight is 470 g/mol. The highest BCUT2D eigenvalue weighted by Gasteiger charge is 2.36. The van der Waals surface area contributed by atoms with Gasteiger partial charge < -0.3 is 9.30 Å². The van der Waals surface area contributed by atoms with Gasteiger partial charge in [0.05, 0.1) is 18.4 Å². The molecule has 0 atom stereocenters. The van der Waals surface area contributed by atoms with E-state index in [1.165, 1.54) is 16.8 Å². The summed E-state index contributed by atoms with van der Waals surface area (Å²) in [6, 6.07) is 17.8. The zero-order valence-corrected chi connectivity index (χ0v) is 20.1. The maximum absolute atomic E-state index is 12.9. The summed E-state index contributed by atoms with van der Waals surface area (Å²) in [4.78, 5) is 17.1. The molecule has 2 aliphatic heterocycles. The van der Waals surface area contributed by atoms with Crippen molar-refractivity contribution >= 4 is 39.8 Å². The van der Waals surface area contributed by atoms with Crippen LogP contribution in [-0.4, -0.2) is 38.6 Å². The molecule has 0 fully saturated rings. The number of methoxy groups -OCH3 is 1. The molecule has 34 heavy (non-hydrogen) atoms. The number of hydrogen-bond donors (Lipinski definition) is 1. The summed E-state index contributed by atoms with van der Waals surface area (Å²) in [5, 5.41) is 15.9. The Hall–Kier alpha value is -3.91. The number of amidine groups is 2. The molecule has 0 bridgehead atoms. The number of aromatic nitrogens is 1. The molecular formula is C26H23N5O2S. The van der Waals surface area contributed by atoms with E-state index in [9.17, 15) is 4.79 Å². The third-order valence-electron chi connectivity index (χ3n) is 5.82. The van der Waals surface area contributed by atoms with Crippen molar-refractivity contribution in [3.8, 4) is 11.4 Å². The smallest absolute Gasteiger partial charge is 0.283 e. The summed E-state index contributed by atoms with van der Waals surface area (Å²) in [7, 11) is 1.65. The minimum Gasteiger partial charge on any atom is -0.495 e. The van der Waals surface area contributed by atoms with Crippen molar-refractivity contribution in [1.29, 1.82) is 5.41 Å². The molecule has 0 saturated heterocycles. The van der Waals surface area contributed by atoms with E-state index in [2.05, 4.69) is 14.7 Å². The first-order valence-electron chi connectivity index (χ1n) is 10.8. The lowest BCUT2D eigenvalue weighted by Crippen LogP contribution is -2.35. The van der Waals surface area contributed by atoms with Crippen molar-refractivity contribution in [3.05, 3.63) is 88.2 Å². The topological polar surface area (TPSA) is 83.0 Å². The number of carbonyl (C=O) groups is 1. The highest BCUT2D eigenvalue weighted by molar-refractivity contribution is 8.27. The molecule has 0 radical (unpaired) electrons. The Morgan fingerprint density at radius 1 is 1.06 bits per heavy atom. The van der Waals surface area contributed by atoms with Gasteiger partial charge in [-0.15, -0.1) is 0 Å². The van der Waals surface area contributed by atoms with Gasteiger partial charge in [0.2, 0.25) is 5.17 Å². The number of ether oxygens (including phenoxy) is 1. The molecule has 5 rings (SSSR count).